The first-order valence-corrected chi connectivity index (χ1v) is 29.4. The van der Waals surface area contributed by atoms with Crippen molar-refractivity contribution >= 4 is 17.9 Å². The lowest BCUT2D eigenvalue weighted by Gasteiger charge is -2.34. The quantitative estimate of drug-likeness (QED) is 0.0259. The molecule has 0 saturated carbocycles. The lowest BCUT2D eigenvalue weighted by atomic mass is 10.0. The number of nitrogens with zero attached hydrogens (tertiary/aromatic N) is 1. The van der Waals surface area contributed by atoms with E-state index in [1.807, 2.05) is 21.1 Å². The van der Waals surface area contributed by atoms with Crippen molar-refractivity contribution < 1.29 is 38.2 Å². The van der Waals surface area contributed by atoms with Gasteiger partial charge in [0.05, 0.1) is 40.3 Å². The summed E-state index contributed by atoms with van der Waals surface area (Å²) in [6.45, 7) is 4.71. The molecule has 8 heteroatoms. The van der Waals surface area contributed by atoms with E-state index in [9.17, 15) is 19.5 Å². The number of rotatable bonds is 54. The number of aliphatic carboxylic acids is 1. The van der Waals surface area contributed by atoms with Crippen LogP contribution in [0.5, 0.6) is 0 Å². The van der Waals surface area contributed by atoms with Gasteiger partial charge < -0.3 is 28.6 Å². The lowest BCUT2D eigenvalue weighted by molar-refractivity contribution is -0.889. The average molecular weight is 961 g/mol. The van der Waals surface area contributed by atoms with Crippen molar-refractivity contribution in [3.63, 3.8) is 0 Å². The lowest BCUT2D eigenvalue weighted by Crippen LogP contribution is -2.55. The molecule has 0 spiro atoms. The number of carbonyl (C=O) groups is 3. The zero-order chi connectivity index (χ0) is 49.9. The summed E-state index contributed by atoms with van der Waals surface area (Å²) < 4.78 is 17.3. The Bertz CT molecular complexity index is 1160. The van der Waals surface area contributed by atoms with Crippen molar-refractivity contribution in [2.75, 3.05) is 41.0 Å². The highest BCUT2D eigenvalue weighted by Gasteiger charge is 2.25. The summed E-state index contributed by atoms with van der Waals surface area (Å²) in [6.07, 6.45) is 60.8. The summed E-state index contributed by atoms with van der Waals surface area (Å²) in [5.74, 6) is -1.72. The minimum atomic E-state index is -1.12. The van der Waals surface area contributed by atoms with E-state index in [2.05, 4.69) is 38.2 Å². The van der Waals surface area contributed by atoms with Crippen molar-refractivity contribution in [2.45, 2.75) is 302 Å². The summed E-state index contributed by atoms with van der Waals surface area (Å²) >= 11 is 0. The minimum absolute atomic E-state index is 0.0441. The molecule has 0 N–H and O–H groups in total. The Morgan fingerprint density at radius 1 is 0.426 bits per heavy atom. The van der Waals surface area contributed by atoms with E-state index in [1.54, 1.807) is 0 Å². The molecule has 0 aromatic carbocycles. The van der Waals surface area contributed by atoms with Gasteiger partial charge in [0.25, 0.3) is 0 Å². The molecule has 0 aliphatic rings. The molecule has 0 aliphatic carbocycles. The summed E-state index contributed by atoms with van der Waals surface area (Å²) in [5.41, 5.74) is 0. The Morgan fingerprint density at radius 3 is 1.06 bits per heavy atom. The first-order valence-electron chi connectivity index (χ1n) is 29.4. The molecule has 2 unspecified atom stereocenters. The zero-order valence-corrected chi connectivity index (χ0v) is 45.8. The molecule has 0 rings (SSSR count). The van der Waals surface area contributed by atoms with Crippen molar-refractivity contribution in [1.82, 2.24) is 0 Å². The van der Waals surface area contributed by atoms with Crippen LogP contribution in [0.3, 0.4) is 0 Å². The van der Waals surface area contributed by atoms with Crippen LogP contribution in [0.15, 0.2) is 24.3 Å². The van der Waals surface area contributed by atoms with Gasteiger partial charge >= 0.3 is 11.9 Å². The number of ether oxygens (including phenoxy) is 3. The van der Waals surface area contributed by atoms with Gasteiger partial charge in [0.2, 0.25) is 0 Å². The largest absolute Gasteiger partial charge is 0.544 e. The predicted molar refractivity (Wildman–Crippen MR) is 287 cm³/mol. The smallest absolute Gasteiger partial charge is 0.306 e. The fourth-order valence-electron chi connectivity index (χ4n) is 9.01. The second kappa shape index (κ2) is 51.2. The van der Waals surface area contributed by atoms with E-state index in [-0.39, 0.29) is 42.7 Å². The second-order valence-corrected chi connectivity index (χ2v) is 21.2. The fraction of sp³-hybridized carbons (Fsp3) is 0.883. The van der Waals surface area contributed by atoms with Crippen molar-refractivity contribution in [2.24, 2.45) is 0 Å². The Balaban J connectivity index is 4.14. The number of carboxylic acids is 1. The van der Waals surface area contributed by atoms with Crippen LogP contribution < -0.4 is 5.11 Å². The van der Waals surface area contributed by atoms with E-state index >= 15 is 0 Å². The number of hydrogen-bond acceptors (Lipinski definition) is 7. The van der Waals surface area contributed by atoms with Crippen molar-refractivity contribution in [3.8, 4) is 0 Å². The number of likely N-dealkylation sites (N-methyl/N-ethyl adjacent to an activating group) is 1. The molecule has 0 bridgehead atoms. The van der Waals surface area contributed by atoms with E-state index in [0.717, 1.165) is 38.5 Å². The molecule has 0 saturated heterocycles. The van der Waals surface area contributed by atoms with Crippen LogP contribution in [0.1, 0.15) is 290 Å². The normalized spacial score (nSPS) is 12.9. The Morgan fingerprint density at radius 2 is 0.735 bits per heavy atom. The van der Waals surface area contributed by atoms with Crippen LogP contribution in [-0.4, -0.2) is 75.5 Å². The van der Waals surface area contributed by atoms with Crippen LogP contribution in [-0.2, 0) is 28.6 Å². The third kappa shape index (κ3) is 48.8. The maximum Gasteiger partial charge on any atom is 0.306 e. The zero-order valence-electron chi connectivity index (χ0n) is 45.8. The monoisotopic (exact) mass is 960 g/mol. The van der Waals surface area contributed by atoms with Gasteiger partial charge in [0, 0.05) is 19.3 Å². The number of quaternary nitrogens is 1. The third-order valence-corrected chi connectivity index (χ3v) is 13.6. The number of hydrogen-bond donors (Lipinski definition) is 0. The molecule has 2 atom stereocenters. The van der Waals surface area contributed by atoms with E-state index in [4.69, 9.17) is 14.2 Å². The van der Waals surface area contributed by atoms with Gasteiger partial charge in [-0.3, -0.25) is 9.59 Å². The molecule has 68 heavy (non-hydrogen) atoms. The van der Waals surface area contributed by atoms with Crippen LogP contribution in [0.25, 0.3) is 0 Å². The summed E-state index contributed by atoms with van der Waals surface area (Å²) in [6, 6.07) is -0.725. The van der Waals surface area contributed by atoms with Gasteiger partial charge in [-0.25, -0.2) is 0 Å². The molecule has 0 heterocycles. The van der Waals surface area contributed by atoms with Gasteiger partial charge in [-0.1, -0.05) is 231 Å². The van der Waals surface area contributed by atoms with E-state index in [1.165, 1.54) is 218 Å². The maximum atomic E-state index is 12.8. The van der Waals surface area contributed by atoms with Crippen LogP contribution in [0, 0.1) is 0 Å². The Labute approximate surface area is 421 Å². The maximum absolute atomic E-state index is 12.8. The van der Waals surface area contributed by atoms with Gasteiger partial charge in [-0.05, 0) is 64.2 Å². The van der Waals surface area contributed by atoms with Crippen molar-refractivity contribution in [3.05, 3.63) is 24.3 Å². The summed E-state index contributed by atoms with van der Waals surface area (Å²) in [5, 5.41) is 11.7. The molecular weight excluding hydrogens is 847 g/mol. The Hall–Kier alpha value is -2.19. The number of esters is 2. The molecule has 400 valence electrons. The predicted octanol–water partition coefficient (Wildman–Crippen LogP) is 16.2. The highest BCUT2D eigenvalue weighted by atomic mass is 16.6. The van der Waals surface area contributed by atoms with Crippen LogP contribution in [0.4, 0.5) is 0 Å². The minimum Gasteiger partial charge on any atom is -0.544 e. The topological polar surface area (TPSA) is 102 Å². The fourth-order valence-corrected chi connectivity index (χ4v) is 9.01. The first kappa shape index (κ1) is 65.8. The molecule has 0 aromatic heterocycles. The van der Waals surface area contributed by atoms with E-state index < -0.39 is 18.1 Å². The summed E-state index contributed by atoms with van der Waals surface area (Å²) in [4.78, 5) is 37.2. The molecule has 0 radical (unpaired) electrons. The molecule has 0 aromatic rings. The summed E-state index contributed by atoms with van der Waals surface area (Å²) in [7, 11) is 5.43. The van der Waals surface area contributed by atoms with E-state index in [0.29, 0.717) is 12.8 Å². The SMILES string of the molecule is CCCCCCCCCC/C=C\CCCCCCCCCCCCCC(=O)OC(COCCC(C(=O)[O-])[N+](C)(C)C)COC(=O)CCCCCCCCCCC/C=C\CCCCCCCCCC. The highest BCUT2D eigenvalue weighted by Crippen LogP contribution is 2.17. The standard InChI is InChI=1S/C60H113NO7/c1-6-8-10-12-14-16-18-20-22-24-26-28-29-31-33-35-37-39-41-43-45-47-49-51-59(63)68-56(54-66-53-52-57(60(64)65)61(3,4)5)55-67-58(62)50-48-46-44-42-40-38-36-34-32-30-27-25-23-21-19-17-15-13-11-9-7-2/h24-27,56-57H,6-23,28-55H2,1-5H3/b26-24-,27-25-. The molecule has 0 fully saturated rings. The number of carbonyl (C=O) groups excluding carboxylic acids is 3. The number of allylic oxidation sites excluding steroid dienone is 4. The number of unbranched alkanes of at least 4 members (excludes halogenated alkanes) is 36. The molecule has 0 amide bonds. The molecule has 0 aliphatic heterocycles. The average Bonchev–Trinajstić information content (AvgIpc) is 3.30. The van der Waals surface area contributed by atoms with Crippen LogP contribution in [0.2, 0.25) is 0 Å². The van der Waals surface area contributed by atoms with Crippen LogP contribution >= 0.6 is 0 Å². The van der Waals surface area contributed by atoms with Gasteiger partial charge in [-0.15, -0.1) is 0 Å². The number of carboxylic acid groups (broad SMARTS) is 1. The van der Waals surface area contributed by atoms with Gasteiger partial charge in [0.15, 0.2) is 6.10 Å². The third-order valence-electron chi connectivity index (χ3n) is 13.6. The van der Waals surface area contributed by atoms with Gasteiger partial charge in [0.1, 0.15) is 12.6 Å². The second-order valence-electron chi connectivity index (χ2n) is 21.2. The molecule has 8 nitrogen and oxygen atoms in total. The highest BCUT2D eigenvalue weighted by molar-refractivity contribution is 5.70. The van der Waals surface area contributed by atoms with Crippen molar-refractivity contribution in [1.29, 1.82) is 0 Å². The first-order chi connectivity index (χ1) is 33.1. The molecular formula is C60H113NO7. The van der Waals surface area contributed by atoms with Gasteiger partial charge in [-0.2, -0.15) is 0 Å². The Kier molecular flexibility index (Phi) is 49.5.